The van der Waals surface area contributed by atoms with Crippen molar-refractivity contribution in [1.82, 2.24) is 4.72 Å². The van der Waals surface area contributed by atoms with Crippen LogP contribution < -0.4 is 14.8 Å². The fourth-order valence-corrected chi connectivity index (χ4v) is 5.19. The van der Waals surface area contributed by atoms with E-state index in [2.05, 4.69) is 23.9 Å². The van der Waals surface area contributed by atoms with E-state index in [4.69, 9.17) is 4.74 Å². The van der Waals surface area contributed by atoms with Crippen LogP contribution in [0.1, 0.15) is 63.0 Å². The maximum Gasteiger partial charge on any atom is 0.262 e. The first-order valence-electron chi connectivity index (χ1n) is 10.9. The van der Waals surface area contributed by atoms with Crippen molar-refractivity contribution >= 4 is 21.6 Å². The Morgan fingerprint density at radius 2 is 1.74 bits per heavy atom. The maximum atomic E-state index is 12.6. The molecule has 1 saturated carbocycles. The van der Waals surface area contributed by atoms with Gasteiger partial charge in [0, 0.05) is 11.7 Å². The van der Waals surface area contributed by atoms with Crippen LogP contribution in [0.25, 0.3) is 0 Å². The van der Waals surface area contributed by atoms with Crippen molar-refractivity contribution < 1.29 is 17.9 Å². The second-order valence-corrected chi connectivity index (χ2v) is 10.2. The number of hydrogen-bond acceptors (Lipinski definition) is 4. The number of para-hydroxylation sites is 1. The summed E-state index contributed by atoms with van der Waals surface area (Å²) in [6, 6.07) is 12.1. The summed E-state index contributed by atoms with van der Waals surface area (Å²) in [5.74, 6) is 0.473. The second kappa shape index (κ2) is 10.3. The molecule has 2 aromatic carbocycles. The normalized spacial score (nSPS) is 15.1. The Bertz CT molecular complexity index is 995. The molecule has 0 aliphatic heterocycles. The Labute approximate surface area is 185 Å². The predicted octanol–water partition coefficient (Wildman–Crippen LogP) is 4.75. The Balaban J connectivity index is 1.57. The fourth-order valence-electron chi connectivity index (χ4n) is 3.89. The third kappa shape index (κ3) is 6.31. The monoisotopic (exact) mass is 444 g/mol. The van der Waals surface area contributed by atoms with E-state index >= 15 is 0 Å². The van der Waals surface area contributed by atoms with Crippen LogP contribution in [0, 0.1) is 6.92 Å². The van der Waals surface area contributed by atoms with Crippen LogP contribution in [0.15, 0.2) is 47.4 Å². The maximum absolute atomic E-state index is 12.6. The highest BCUT2D eigenvalue weighted by Crippen LogP contribution is 2.27. The van der Waals surface area contributed by atoms with Gasteiger partial charge in [-0.2, -0.15) is 0 Å². The summed E-state index contributed by atoms with van der Waals surface area (Å²) in [7, 11) is -3.55. The van der Waals surface area contributed by atoms with Crippen LogP contribution in [0.5, 0.6) is 5.75 Å². The molecule has 0 saturated heterocycles. The molecule has 2 N–H and O–H groups in total. The Morgan fingerprint density at radius 3 is 2.39 bits per heavy atom. The van der Waals surface area contributed by atoms with Gasteiger partial charge in [-0.25, -0.2) is 13.1 Å². The van der Waals surface area contributed by atoms with E-state index in [9.17, 15) is 13.2 Å². The first kappa shape index (κ1) is 23.3. The molecule has 1 fully saturated rings. The standard InChI is InChI=1S/C24H32N2O4S/c1-17(2)22-11-7-8-18(3)24(22)25-23(27)16-30-20-12-14-21(15-13-20)31(28,29)26-19-9-5-4-6-10-19/h7-8,11-15,17,19,26H,4-6,9-10,16H2,1-3H3,(H,25,27). The Kier molecular flexibility index (Phi) is 7.73. The smallest absolute Gasteiger partial charge is 0.262 e. The molecule has 0 spiro atoms. The van der Waals surface area contributed by atoms with Crippen molar-refractivity contribution in [3.05, 3.63) is 53.6 Å². The average Bonchev–Trinajstić information content (AvgIpc) is 2.74. The van der Waals surface area contributed by atoms with Crippen LogP contribution in [0.2, 0.25) is 0 Å². The van der Waals surface area contributed by atoms with Crippen molar-refractivity contribution in [3.8, 4) is 5.75 Å². The zero-order valence-corrected chi connectivity index (χ0v) is 19.3. The van der Waals surface area contributed by atoms with E-state index in [0.29, 0.717) is 5.75 Å². The zero-order chi connectivity index (χ0) is 22.4. The first-order chi connectivity index (χ1) is 14.8. The van der Waals surface area contributed by atoms with E-state index in [0.717, 1.165) is 42.5 Å². The van der Waals surface area contributed by atoms with Crippen LogP contribution >= 0.6 is 0 Å². The van der Waals surface area contributed by atoms with E-state index < -0.39 is 10.0 Å². The summed E-state index contributed by atoms with van der Waals surface area (Å²) in [5, 5.41) is 2.94. The fraction of sp³-hybridized carbons (Fsp3) is 0.458. The number of anilines is 1. The quantitative estimate of drug-likeness (QED) is 0.615. The minimum Gasteiger partial charge on any atom is -0.484 e. The number of rotatable bonds is 8. The van der Waals surface area contributed by atoms with Crippen molar-refractivity contribution in [2.24, 2.45) is 0 Å². The van der Waals surface area contributed by atoms with Gasteiger partial charge in [0.2, 0.25) is 10.0 Å². The number of carbonyl (C=O) groups is 1. The van der Waals surface area contributed by atoms with Crippen molar-refractivity contribution in [2.45, 2.75) is 69.7 Å². The SMILES string of the molecule is Cc1cccc(C(C)C)c1NC(=O)COc1ccc(S(=O)(=O)NC2CCCCC2)cc1. The van der Waals surface area contributed by atoms with Crippen LogP contribution in [-0.2, 0) is 14.8 Å². The molecule has 1 aliphatic carbocycles. The molecule has 7 heteroatoms. The van der Waals surface area contributed by atoms with Crippen molar-refractivity contribution in [1.29, 1.82) is 0 Å². The highest BCUT2D eigenvalue weighted by atomic mass is 32.2. The van der Waals surface area contributed by atoms with Gasteiger partial charge >= 0.3 is 0 Å². The summed E-state index contributed by atoms with van der Waals surface area (Å²) in [5.41, 5.74) is 2.90. The zero-order valence-electron chi connectivity index (χ0n) is 18.5. The number of amides is 1. The van der Waals surface area contributed by atoms with Gasteiger partial charge in [0.25, 0.3) is 5.91 Å². The molecule has 0 unspecified atom stereocenters. The van der Waals surface area contributed by atoms with Crippen molar-refractivity contribution in [3.63, 3.8) is 0 Å². The molecule has 2 aromatic rings. The molecule has 1 aliphatic rings. The molecule has 0 bridgehead atoms. The Morgan fingerprint density at radius 1 is 1.06 bits per heavy atom. The highest BCUT2D eigenvalue weighted by molar-refractivity contribution is 7.89. The number of sulfonamides is 1. The topological polar surface area (TPSA) is 84.5 Å². The van der Waals surface area contributed by atoms with Crippen molar-refractivity contribution in [2.75, 3.05) is 11.9 Å². The molecule has 0 aromatic heterocycles. The molecular formula is C24H32N2O4S. The molecular weight excluding hydrogens is 412 g/mol. The number of benzene rings is 2. The van der Waals surface area contributed by atoms with Gasteiger partial charge < -0.3 is 10.1 Å². The lowest BCUT2D eigenvalue weighted by atomic mass is 9.96. The largest absolute Gasteiger partial charge is 0.484 e. The van der Waals surface area contributed by atoms with E-state index in [1.165, 1.54) is 18.6 Å². The van der Waals surface area contributed by atoms with E-state index in [1.807, 2.05) is 25.1 Å². The third-order valence-corrected chi connectivity index (χ3v) is 7.16. The lowest BCUT2D eigenvalue weighted by molar-refractivity contribution is -0.118. The molecule has 0 heterocycles. The average molecular weight is 445 g/mol. The second-order valence-electron chi connectivity index (χ2n) is 8.46. The molecule has 6 nitrogen and oxygen atoms in total. The van der Waals surface area contributed by atoms with Gasteiger partial charge in [0.15, 0.2) is 6.61 Å². The molecule has 0 atom stereocenters. The molecule has 168 valence electrons. The van der Waals surface area contributed by atoms with Gasteiger partial charge in [-0.15, -0.1) is 0 Å². The number of nitrogens with one attached hydrogen (secondary N) is 2. The minimum absolute atomic E-state index is 0.00976. The highest BCUT2D eigenvalue weighted by Gasteiger charge is 2.22. The summed E-state index contributed by atoms with van der Waals surface area (Å²) < 4.78 is 33.5. The Hall–Kier alpha value is -2.38. The first-order valence-corrected chi connectivity index (χ1v) is 12.4. The lowest BCUT2D eigenvalue weighted by Gasteiger charge is -2.22. The number of hydrogen-bond donors (Lipinski definition) is 2. The summed E-state index contributed by atoms with van der Waals surface area (Å²) in [6.45, 7) is 5.97. The van der Waals surface area contributed by atoms with Gasteiger partial charge in [0.1, 0.15) is 5.75 Å². The van der Waals surface area contributed by atoms with Gasteiger partial charge in [0.05, 0.1) is 4.90 Å². The molecule has 1 amide bonds. The predicted molar refractivity (Wildman–Crippen MR) is 123 cm³/mol. The summed E-state index contributed by atoms with van der Waals surface area (Å²) in [4.78, 5) is 12.6. The van der Waals surface area contributed by atoms with Gasteiger partial charge in [-0.05, 0) is 61.1 Å². The number of ether oxygens (including phenoxy) is 1. The molecule has 3 rings (SSSR count). The molecule has 0 radical (unpaired) electrons. The molecule has 31 heavy (non-hydrogen) atoms. The van der Waals surface area contributed by atoms with Crippen LogP contribution in [-0.4, -0.2) is 27.0 Å². The van der Waals surface area contributed by atoms with Crippen LogP contribution in [0.3, 0.4) is 0 Å². The summed E-state index contributed by atoms with van der Waals surface area (Å²) in [6.07, 6.45) is 5.05. The summed E-state index contributed by atoms with van der Waals surface area (Å²) >= 11 is 0. The van der Waals surface area contributed by atoms with E-state index in [-0.39, 0.29) is 29.4 Å². The third-order valence-electron chi connectivity index (χ3n) is 5.62. The number of aryl methyl sites for hydroxylation is 1. The lowest BCUT2D eigenvalue weighted by Crippen LogP contribution is -2.36. The number of carbonyl (C=O) groups excluding carboxylic acids is 1. The van der Waals surface area contributed by atoms with Gasteiger partial charge in [-0.3, -0.25) is 4.79 Å². The van der Waals surface area contributed by atoms with Gasteiger partial charge in [-0.1, -0.05) is 51.3 Å². The minimum atomic E-state index is -3.55. The van der Waals surface area contributed by atoms with Crippen LogP contribution in [0.4, 0.5) is 5.69 Å². The van der Waals surface area contributed by atoms with E-state index in [1.54, 1.807) is 12.1 Å².